The molecule has 4 rings (SSSR count). The number of nitrogen functional groups attached to an aromatic ring is 2. The lowest BCUT2D eigenvalue weighted by Crippen LogP contribution is -3.00. The van der Waals surface area contributed by atoms with Gasteiger partial charge in [0.1, 0.15) is 22.7 Å². The number of aromatic nitrogens is 8. The number of carbonyl (C=O) groups is 4. The third-order valence-electron chi connectivity index (χ3n) is 11.2. The van der Waals surface area contributed by atoms with Gasteiger partial charge in [-0.25, -0.2) is 23.5 Å². The van der Waals surface area contributed by atoms with Crippen LogP contribution in [0.15, 0.2) is 57.6 Å². The van der Waals surface area contributed by atoms with Gasteiger partial charge >= 0.3 is 24.1 Å². The number of ketones is 1. The second kappa shape index (κ2) is 38.2. The van der Waals surface area contributed by atoms with Crippen molar-refractivity contribution in [2.75, 3.05) is 23.3 Å². The third-order valence-corrected chi connectivity index (χ3v) is 11.8. The Morgan fingerprint density at radius 2 is 1.15 bits per heavy atom. The first-order valence-corrected chi connectivity index (χ1v) is 28.4. The Balaban J connectivity index is 0.000000665. The van der Waals surface area contributed by atoms with E-state index in [-0.39, 0.29) is 34.8 Å². The molecule has 5 N–H and O–H groups in total. The first-order chi connectivity index (χ1) is 36.9. The minimum Gasteiger partial charge on any atom is -1.00 e. The van der Waals surface area contributed by atoms with Gasteiger partial charge in [-0.15, -0.1) is 10.2 Å². The highest BCUT2D eigenvalue weighted by Crippen LogP contribution is 2.26. The van der Waals surface area contributed by atoms with Crippen molar-refractivity contribution in [1.29, 1.82) is 0 Å². The summed E-state index contributed by atoms with van der Waals surface area (Å²) in [5, 5.41) is 29.5. The van der Waals surface area contributed by atoms with Gasteiger partial charge in [0.25, 0.3) is 0 Å². The smallest absolute Gasteiger partial charge is 0.449 e. The number of hydrogen-bond donors (Lipinski definition) is 3. The highest BCUT2D eigenvalue weighted by Gasteiger charge is 2.37. The maximum atomic E-state index is 11.9. The molecule has 79 heavy (non-hydrogen) atoms. The molecule has 0 fully saturated rings. The van der Waals surface area contributed by atoms with Crippen LogP contribution in [0.4, 0.5) is 48.1 Å². The molecule has 0 bridgehead atoms. The monoisotopic (exact) mass is 1250 g/mol. The van der Waals surface area contributed by atoms with E-state index in [0.29, 0.717) is 99.0 Å². The van der Waals surface area contributed by atoms with Crippen LogP contribution in [-0.4, -0.2) is 86.6 Å². The molecule has 21 nitrogen and oxygen atoms in total. The molecule has 0 aromatic carbocycles. The molecule has 0 aliphatic carbocycles. The van der Waals surface area contributed by atoms with E-state index in [4.69, 9.17) is 20.9 Å². The summed E-state index contributed by atoms with van der Waals surface area (Å²) in [6.07, 6.45) is 20.5. The van der Waals surface area contributed by atoms with Gasteiger partial charge in [0.05, 0.1) is 37.9 Å². The summed E-state index contributed by atoms with van der Waals surface area (Å²) in [4.78, 5) is 49.3. The quantitative estimate of drug-likeness (QED) is 0.0136. The SMILES string of the molecule is CCCCCCn1cc[n+](CCCNC(C)=O)c1N=Nc1cnn(CCCCC(=O)OC(C)(C)C)c1N.CCCCCCn1ccnc1N=Nc1cnn(CCCCC(=O)OC(C)(C)C)c1N.O=C(CCCCBr)C(F)(F)F.[Br-]. The predicted molar refractivity (Wildman–Crippen MR) is 298 cm³/mol. The fraction of sp³-hybridized carbons (Fsp3) is 0.698. The molecule has 446 valence electrons. The lowest BCUT2D eigenvalue weighted by Gasteiger charge is -2.19. The number of nitrogens with one attached hydrogen (secondary N) is 1. The number of hydrogen-bond acceptors (Lipinski definition) is 15. The van der Waals surface area contributed by atoms with Crippen LogP contribution < -0.4 is 38.3 Å². The lowest BCUT2D eigenvalue weighted by atomic mass is 10.2. The number of alkyl halides is 4. The summed E-state index contributed by atoms with van der Waals surface area (Å²) in [5.74, 6) is 0.166. The number of amides is 1. The summed E-state index contributed by atoms with van der Waals surface area (Å²) in [5.41, 5.74) is 12.5. The van der Waals surface area contributed by atoms with E-state index in [1.807, 2.05) is 69.3 Å². The van der Waals surface area contributed by atoms with E-state index in [0.717, 1.165) is 51.1 Å². The van der Waals surface area contributed by atoms with E-state index in [2.05, 4.69) is 75.3 Å². The number of nitrogens with two attached hydrogens (primary N) is 2. The van der Waals surface area contributed by atoms with Gasteiger partial charge in [0, 0.05) is 75.2 Å². The van der Waals surface area contributed by atoms with E-state index < -0.39 is 29.6 Å². The minimum absolute atomic E-state index is 0. The second-order valence-corrected chi connectivity index (χ2v) is 21.5. The summed E-state index contributed by atoms with van der Waals surface area (Å²) in [6, 6.07) is 0. The summed E-state index contributed by atoms with van der Waals surface area (Å²) >= 11 is 3.06. The van der Waals surface area contributed by atoms with Gasteiger partial charge in [-0.1, -0.05) is 73.4 Å². The minimum atomic E-state index is -4.65. The van der Waals surface area contributed by atoms with Crippen LogP contribution in [0.2, 0.25) is 0 Å². The maximum Gasteiger partial charge on any atom is 0.449 e. The van der Waals surface area contributed by atoms with Gasteiger partial charge in [-0.05, 0) is 99.3 Å². The molecule has 0 unspecified atom stereocenters. The molecule has 0 atom stereocenters. The van der Waals surface area contributed by atoms with Crippen molar-refractivity contribution in [2.24, 2.45) is 20.5 Å². The highest BCUT2D eigenvalue weighted by atomic mass is 79.9. The topological polar surface area (TPSA) is 263 Å². The van der Waals surface area contributed by atoms with Gasteiger partial charge in [-0.3, -0.25) is 19.2 Å². The zero-order chi connectivity index (χ0) is 58.2. The molecule has 4 aromatic heterocycles. The van der Waals surface area contributed by atoms with Crippen LogP contribution >= 0.6 is 15.9 Å². The predicted octanol–water partition coefficient (Wildman–Crippen LogP) is 9.44. The summed E-state index contributed by atoms with van der Waals surface area (Å²) < 4.78 is 54.7. The van der Waals surface area contributed by atoms with Crippen LogP contribution in [-0.2, 0) is 61.4 Å². The maximum absolute atomic E-state index is 11.9. The van der Waals surface area contributed by atoms with Gasteiger partial charge in [0.15, 0.2) is 11.5 Å². The van der Waals surface area contributed by atoms with Crippen molar-refractivity contribution in [1.82, 2.24) is 39.0 Å². The Kier molecular flexibility index (Phi) is 34.5. The third kappa shape index (κ3) is 31.2. The van der Waals surface area contributed by atoms with Crippen molar-refractivity contribution < 1.29 is 63.4 Å². The van der Waals surface area contributed by atoms with Crippen molar-refractivity contribution in [3.05, 3.63) is 37.2 Å². The number of esters is 2. The molecule has 0 radical (unpaired) electrons. The van der Waals surface area contributed by atoms with Gasteiger partial charge in [0.2, 0.25) is 17.6 Å². The standard InChI is InChI=1S/C26H44N8O3.C21H35N7O2.C6H8BrF3O.BrH/c1-6-7-8-10-15-32-18-19-33(16-12-14-28-21(2)35)25(32)31-30-22-20-29-34(24(22)27)17-11-9-13-23(36)37-26(3,4)5;1-5-6-7-9-13-27-15-12-23-20(27)26-25-17-16-24-28(19(17)22)14-10-8-11-18(29)30-21(2,3)4;7-4-2-1-3-5(11)6(8,9)10;/h18-20,27H,6-17H2,1-5H3,(H,28,35);12,15-16H,5-11,13-14,22H2,1-4H3;1-4H2;1H. The van der Waals surface area contributed by atoms with Crippen LogP contribution in [0.3, 0.4) is 0 Å². The zero-order valence-corrected chi connectivity index (χ0v) is 51.2. The van der Waals surface area contributed by atoms with Crippen LogP contribution in [0.5, 0.6) is 0 Å². The fourth-order valence-corrected chi connectivity index (χ4v) is 7.68. The number of halogens is 5. The van der Waals surface area contributed by atoms with Gasteiger partial charge < -0.3 is 47.8 Å². The number of nitrogens with zero attached hydrogens (tertiary/aromatic N) is 12. The Morgan fingerprint density at radius 3 is 1.63 bits per heavy atom. The van der Waals surface area contributed by atoms with Crippen LogP contribution in [0.1, 0.15) is 178 Å². The first kappa shape index (κ1) is 71.5. The lowest BCUT2D eigenvalue weighted by molar-refractivity contribution is -0.683. The number of carbonyl (C=O) groups excluding carboxylic acids is 4. The Labute approximate surface area is 483 Å². The van der Waals surface area contributed by atoms with Crippen molar-refractivity contribution >= 4 is 74.5 Å². The molecule has 0 spiro atoms. The first-order valence-electron chi connectivity index (χ1n) is 27.3. The Morgan fingerprint density at radius 1 is 0.658 bits per heavy atom. The second-order valence-electron chi connectivity index (χ2n) is 20.7. The molecule has 26 heteroatoms. The van der Waals surface area contributed by atoms with Crippen molar-refractivity contribution in [3.8, 4) is 0 Å². The fourth-order valence-electron chi connectivity index (χ4n) is 7.28. The zero-order valence-electron chi connectivity index (χ0n) is 48.0. The highest BCUT2D eigenvalue weighted by molar-refractivity contribution is 9.09. The number of azo groups is 2. The van der Waals surface area contributed by atoms with Gasteiger partial charge in [-0.2, -0.15) is 23.4 Å². The molecular weight excluding hydrogens is 1160 g/mol. The average molecular weight is 1250 g/mol. The molecule has 0 saturated carbocycles. The van der Waals surface area contributed by atoms with Crippen LogP contribution in [0.25, 0.3) is 0 Å². The summed E-state index contributed by atoms with van der Waals surface area (Å²) in [6.45, 7) is 21.3. The van der Waals surface area contributed by atoms with E-state index in [1.165, 1.54) is 45.4 Å². The van der Waals surface area contributed by atoms with Crippen molar-refractivity contribution in [3.63, 3.8) is 0 Å². The number of rotatable bonds is 32. The van der Waals surface area contributed by atoms with E-state index in [9.17, 15) is 32.3 Å². The molecule has 0 aliphatic heterocycles. The molecule has 0 aliphatic rings. The number of Topliss-reactive ketones (excluding diaryl/α,β-unsaturated/α-hetero) is 1. The largest absolute Gasteiger partial charge is 1.00 e. The Hall–Kier alpha value is -5.53. The molecule has 0 saturated heterocycles. The molecule has 4 aromatic rings. The number of aryl methyl sites for hydroxylation is 5. The van der Waals surface area contributed by atoms with Crippen molar-refractivity contribution in [2.45, 2.75) is 228 Å². The number of unbranched alkanes of at least 4 members (excludes halogenated alkanes) is 9. The number of ether oxygens (including phenoxy) is 2. The average Bonchev–Trinajstić information content (AvgIpc) is 4.16. The van der Waals surface area contributed by atoms with Crippen LogP contribution in [0, 0.1) is 0 Å². The molecule has 4 heterocycles. The number of imidazole rings is 2. The summed E-state index contributed by atoms with van der Waals surface area (Å²) in [7, 11) is 0. The number of anilines is 2. The molecular formula is C53H88Br2F3N15O6. The normalized spacial score (nSPS) is 11.7. The molecule has 1 amide bonds. The van der Waals surface area contributed by atoms with E-state index in [1.54, 1.807) is 28.0 Å². The van der Waals surface area contributed by atoms with E-state index >= 15 is 0 Å². The Bertz CT molecular complexity index is 2440.